The third-order valence-corrected chi connectivity index (χ3v) is 6.77. The van der Waals surface area contributed by atoms with Crippen molar-refractivity contribution in [3.8, 4) is 0 Å². The molecule has 0 aliphatic heterocycles. The van der Waals surface area contributed by atoms with Crippen LogP contribution in [-0.4, -0.2) is 53.2 Å². The van der Waals surface area contributed by atoms with Crippen molar-refractivity contribution in [1.82, 2.24) is 15.5 Å². The van der Waals surface area contributed by atoms with Crippen molar-refractivity contribution in [1.29, 1.82) is 0 Å². The molecule has 0 saturated heterocycles. The lowest BCUT2D eigenvalue weighted by Crippen LogP contribution is -2.58. The number of carboxylic acid groups (broad SMARTS) is 1. The van der Waals surface area contributed by atoms with Crippen LogP contribution in [0, 0.1) is 5.41 Å². The van der Waals surface area contributed by atoms with E-state index < -0.39 is 5.97 Å². The van der Waals surface area contributed by atoms with Crippen molar-refractivity contribution in [3.63, 3.8) is 0 Å². The quantitative estimate of drug-likeness (QED) is 0.687. The van der Waals surface area contributed by atoms with Crippen molar-refractivity contribution in [2.75, 3.05) is 13.1 Å². The summed E-state index contributed by atoms with van der Waals surface area (Å²) in [6, 6.07) is 0.764. The van der Waals surface area contributed by atoms with Gasteiger partial charge in [0.15, 0.2) is 0 Å². The number of amides is 2. The highest BCUT2D eigenvalue weighted by Crippen LogP contribution is 2.49. The summed E-state index contributed by atoms with van der Waals surface area (Å²) in [5, 5.41) is 15.3. The van der Waals surface area contributed by atoms with Crippen LogP contribution in [0.2, 0.25) is 0 Å². The fraction of sp³-hybridized carbons (Fsp3) is 0.895. The lowest BCUT2D eigenvalue weighted by atomic mass is 9.69. The molecule has 2 amide bonds. The number of hydrogen-bond donors (Lipinski definition) is 3. The van der Waals surface area contributed by atoms with Crippen molar-refractivity contribution in [2.24, 2.45) is 5.41 Å². The second-order valence-electron chi connectivity index (χ2n) is 8.26. The number of hydrogen-bond acceptors (Lipinski definition) is 3. The van der Waals surface area contributed by atoms with Crippen molar-refractivity contribution in [3.05, 3.63) is 0 Å². The summed E-state index contributed by atoms with van der Waals surface area (Å²) in [4.78, 5) is 25.3. The third-order valence-electron chi connectivity index (χ3n) is 6.77. The van der Waals surface area contributed by atoms with E-state index >= 15 is 0 Å². The number of carbonyl (C=O) groups is 2. The van der Waals surface area contributed by atoms with Crippen LogP contribution in [0.3, 0.4) is 0 Å². The van der Waals surface area contributed by atoms with Crippen LogP contribution in [0.4, 0.5) is 4.79 Å². The van der Waals surface area contributed by atoms with E-state index in [1.54, 1.807) is 0 Å². The van der Waals surface area contributed by atoms with Crippen LogP contribution >= 0.6 is 0 Å². The predicted octanol–water partition coefficient (Wildman–Crippen LogP) is 2.73. The molecule has 0 aromatic rings. The van der Waals surface area contributed by atoms with Gasteiger partial charge in [-0.3, -0.25) is 9.69 Å². The molecule has 3 N–H and O–H groups in total. The number of aliphatic carboxylic acids is 1. The molecule has 25 heavy (non-hydrogen) atoms. The van der Waals surface area contributed by atoms with E-state index in [9.17, 15) is 9.59 Å². The molecule has 3 aliphatic carbocycles. The average Bonchev–Trinajstić information content (AvgIpc) is 3.00. The summed E-state index contributed by atoms with van der Waals surface area (Å²) < 4.78 is 0. The van der Waals surface area contributed by atoms with Gasteiger partial charge in [-0.05, 0) is 50.5 Å². The van der Waals surface area contributed by atoms with Crippen LogP contribution in [-0.2, 0) is 4.79 Å². The molecule has 0 radical (unpaired) electrons. The summed E-state index contributed by atoms with van der Waals surface area (Å²) in [7, 11) is 0. The zero-order valence-corrected chi connectivity index (χ0v) is 15.4. The van der Waals surface area contributed by atoms with Gasteiger partial charge in [-0.25, -0.2) is 4.79 Å². The van der Waals surface area contributed by atoms with E-state index in [0.29, 0.717) is 11.5 Å². The van der Waals surface area contributed by atoms with Gasteiger partial charge in [-0.15, -0.1) is 0 Å². The predicted molar refractivity (Wildman–Crippen MR) is 96.5 cm³/mol. The molecular weight excluding hydrogens is 318 g/mol. The summed E-state index contributed by atoms with van der Waals surface area (Å²) in [5.74, 6) is -0.782. The maximum absolute atomic E-state index is 12.4. The maximum Gasteiger partial charge on any atom is 0.317 e. The Morgan fingerprint density at radius 1 is 1.08 bits per heavy atom. The van der Waals surface area contributed by atoms with E-state index in [-0.39, 0.29) is 24.7 Å². The maximum atomic E-state index is 12.4. The third kappa shape index (κ3) is 4.27. The Hall–Kier alpha value is -1.30. The Balaban J connectivity index is 1.43. The summed E-state index contributed by atoms with van der Waals surface area (Å²) in [5.41, 5.74) is 0.359. The first-order valence-corrected chi connectivity index (χ1v) is 10.1. The number of nitrogens with one attached hydrogen (secondary N) is 2. The van der Waals surface area contributed by atoms with E-state index in [4.69, 9.17) is 5.11 Å². The first-order valence-electron chi connectivity index (χ1n) is 10.1. The van der Waals surface area contributed by atoms with Crippen LogP contribution < -0.4 is 10.6 Å². The van der Waals surface area contributed by atoms with Crippen molar-refractivity contribution in [2.45, 2.75) is 89.3 Å². The molecule has 142 valence electrons. The first kappa shape index (κ1) is 18.5. The minimum absolute atomic E-state index is 0.0251. The Labute approximate surface area is 150 Å². The Bertz CT molecular complexity index is 484. The molecule has 0 bridgehead atoms. The minimum Gasteiger partial charge on any atom is -0.480 e. The number of likely N-dealkylation sites (N-methyl/N-ethyl adjacent to an activating group) is 1. The molecule has 3 rings (SSSR count). The SMILES string of the molecule is CCN(CC(=O)O)C1CC(NC(=O)NC2CCCCC23CCCC3)C1. The normalized spacial score (nSPS) is 30.9. The summed E-state index contributed by atoms with van der Waals surface area (Å²) in [6.07, 6.45) is 11.8. The highest BCUT2D eigenvalue weighted by Gasteiger charge is 2.43. The monoisotopic (exact) mass is 351 g/mol. The van der Waals surface area contributed by atoms with Gasteiger partial charge >= 0.3 is 12.0 Å². The average molecular weight is 351 g/mol. The molecule has 3 fully saturated rings. The second-order valence-corrected chi connectivity index (χ2v) is 8.26. The molecule has 0 heterocycles. The molecule has 3 saturated carbocycles. The zero-order chi connectivity index (χ0) is 17.9. The largest absolute Gasteiger partial charge is 0.480 e. The summed E-state index contributed by atoms with van der Waals surface area (Å²) in [6.45, 7) is 2.81. The van der Waals surface area contributed by atoms with Crippen LogP contribution in [0.5, 0.6) is 0 Å². The Morgan fingerprint density at radius 3 is 2.32 bits per heavy atom. The molecule has 0 aromatic carbocycles. The van der Waals surface area contributed by atoms with E-state index in [0.717, 1.165) is 25.8 Å². The Kier molecular flexibility index (Phi) is 5.87. The minimum atomic E-state index is -0.782. The van der Waals surface area contributed by atoms with Gasteiger partial charge in [0.1, 0.15) is 0 Å². The molecule has 1 unspecified atom stereocenters. The fourth-order valence-corrected chi connectivity index (χ4v) is 5.27. The van der Waals surface area contributed by atoms with Crippen LogP contribution in [0.25, 0.3) is 0 Å². The fourth-order valence-electron chi connectivity index (χ4n) is 5.27. The second kappa shape index (κ2) is 7.94. The van der Waals surface area contributed by atoms with E-state index in [2.05, 4.69) is 10.6 Å². The summed E-state index contributed by atoms with van der Waals surface area (Å²) >= 11 is 0. The van der Waals surface area contributed by atoms with E-state index in [1.807, 2.05) is 11.8 Å². The molecule has 6 heteroatoms. The highest BCUT2D eigenvalue weighted by molar-refractivity contribution is 5.75. The van der Waals surface area contributed by atoms with Crippen LogP contribution in [0.1, 0.15) is 71.1 Å². The van der Waals surface area contributed by atoms with Gasteiger partial charge < -0.3 is 15.7 Å². The lowest BCUT2D eigenvalue weighted by molar-refractivity contribution is -0.139. The Morgan fingerprint density at radius 2 is 1.72 bits per heavy atom. The number of rotatable bonds is 6. The number of carboxylic acids is 1. The number of nitrogens with zero attached hydrogens (tertiary/aromatic N) is 1. The lowest BCUT2D eigenvalue weighted by Gasteiger charge is -2.44. The van der Waals surface area contributed by atoms with Gasteiger partial charge in [0, 0.05) is 18.1 Å². The van der Waals surface area contributed by atoms with Gasteiger partial charge in [0.2, 0.25) is 0 Å². The molecule has 1 spiro atoms. The number of carbonyl (C=O) groups excluding carboxylic acids is 1. The first-order chi connectivity index (χ1) is 12.0. The smallest absolute Gasteiger partial charge is 0.317 e. The molecule has 6 nitrogen and oxygen atoms in total. The zero-order valence-electron chi connectivity index (χ0n) is 15.4. The van der Waals surface area contributed by atoms with Gasteiger partial charge in [-0.2, -0.15) is 0 Å². The molecule has 3 aliphatic rings. The van der Waals surface area contributed by atoms with Crippen LogP contribution in [0.15, 0.2) is 0 Å². The highest BCUT2D eigenvalue weighted by atomic mass is 16.4. The number of urea groups is 1. The molecule has 1 atom stereocenters. The topological polar surface area (TPSA) is 81.7 Å². The standard InChI is InChI=1S/C19H33N3O3/c1-2-22(13-17(23)24)15-11-14(12-15)20-18(25)21-16-7-3-4-8-19(16)9-5-6-10-19/h14-16H,2-13H2,1H3,(H,23,24)(H2,20,21,25). The van der Waals surface area contributed by atoms with Crippen molar-refractivity contribution >= 4 is 12.0 Å². The van der Waals surface area contributed by atoms with Crippen molar-refractivity contribution < 1.29 is 14.7 Å². The van der Waals surface area contributed by atoms with Gasteiger partial charge in [-0.1, -0.05) is 32.6 Å². The van der Waals surface area contributed by atoms with Gasteiger partial charge in [0.05, 0.1) is 6.54 Å². The van der Waals surface area contributed by atoms with E-state index in [1.165, 1.54) is 44.9 Å². The molecule has 0 aromatic heterocycles. The molecular formula is C19H33N3O3. The van der Waals surface area contributed by atoms with Gasteiger partial charge in [0.25, 0.3) is 0 Å².